The first-order valence-corrected chi connectivity index (χ1v) is 3.50. The Balaban J connectivity index is 3.85. The quantitative estimate of drug-likeness (QED) is 0.323. The van der Waals surface area contributed by atoms with Gasteiger partial charge in [-0.25, -0.2) is 0 Å². The zero-order valence-corrected chi connectivity index (χ0v) is 6.41. The van der Waals surface area contributed by atoms with E-state index in [0.717, 1.165) is 12.0 Å². The van der Waals surface area contributed by atoms with Crippen LogP contribution in [0.4, 0.5) is 0 Å². The molecule has 1 heteroatoms. The van der Waals surface area contributed by atoms with Gasteiger partial charge in [0.05, 0.1) is 0 Å². The van der Waals surface area contributed by atoms with Crippen LogP contribution in [0.1, 0.15) is 13.3 Å². The second kappa shape index (κ2) is 5.68. The Hall–Kier alpha value is -0.450. The lowest BCUT2D eigenvalue weighted by molar-refractivity contribution is 1.15. The van der Waals surface area contributed by atoms with E-state index in [0.29, 0.717) is 5.88 Å². The van der Waals surface area contributed by atoms with Gasteiger partial charge in [-0.3, -0.25) is 0 Å². The Bertz CT molecular complexity index is 139. The van der Waals surface area contributed by atoms with Crippen LogP contribution in [0.25, 0.3) is 0 Å². The number of hydrogen-bond donors (Lipinski definition) is 0. The third-order valence-corrected chi connectivity index (χ3v) is 1.19. The molecule has 0 heterocycles. The molecule has 0 saturated carbocycles. The van der Waals surface area contributed by atoms with Gasteiger partial charge < -0.3 is 0 Å². The summed E-state index contributed by atoms with van der Waals surface area (Å²) in [5, 5.41) is 0. The zero-order valence-electron chi connectivity index (χ0n) is 5.65. The fourth-order valence-corrected chi connectivity index (χ4v) is 0.578. The van der Waals surface area contributed by atoms with Crippen LogP contribution in [0.15, 0.2) is 30.0 Å². The highest BCUT2D eigenvalue weighted by Gasteiger charge is 1.80. The fourth-order valence-electron chi connectivity index (χ4n) is 0.489. The SMILES string of the molecule is C=C=C(C=CCCl)CC. The van der Waals surface area contributed by atoms with Crippen molar-refractivity contribution in [3.8, 4) is 0 Å². The highest BCUT2D eigenvalue weighted by molar-refractivity contribution is 6.18. The normalized spacial score (nSPS) is 9.56. The molecule has 0 aliphatic rings. The van der Waals surface area contributed by atoms with Crippen molar-refractivity contribution in [1.82, 2.24) is 0 Å². The third-order valence-electron chi connectivity index (χ3n) is 1.02. The van der Waals surface area contributed by atoms with Crippen molar-refractivity contribution >= 4 is 11.6 Å². The minimum absolute atomic E-state index is 0.561. The van der Waals surface area contributed by atoms with Gasteiger partial charge in [-0.1, -0.05) is 25.7 Å². The van der Waals surface area contributed by atoms with Gasteiger partial charge in [-0.05, 0) is 12.0 Å². The highest BCUT2D eigenvalue weighted by Crippen LogP contribution is 1.98. The minimum atomic E-state index is 0.561. The van der Waals surface area contributed by atoms with Gasteiger partial charge in [0.1, 0.15) is 0 Å². The molecule has 9 heavy (non-hydrogen) atoms. The molecule has 0 aliphatic heterocycles. The maximum Gasteiger partial charge on any atom is 0.0407 e. The van der Waals surface area contributed by atoms with E-state index < -0.39 is 0 Å². The molecule has 0 radical (unpaired) electrons. The standard InChI is InChI=1S/C8H11Cl/c1-3-8(4-2)6-5-7-9/h5-6H,1,4,7H2,2H3. The van der Waals surface area contributed by atoms with Crippen LogP contribution in [0.5, 0.6) is 0 Å². The zero-order chi connectivity index (χ0) is 7.11. The topological polar surface area (TPSA) is 0 Å². The summed E-state index contributed by atoms with van der Waals surface area (Å²) in [6.07, 6.45) is 4.80. The number of rotatable bonds is 3. The van der Waals surface area contributed by atoms with Gasteiger partial charge in [0.2, 0.25) is 0 Å². The first-order chi connectivity index (χ1) is 4.35. The summed E-state index contributed by atoms with van der Waals surface area (Å²) in [6, 6.07) is 0. The van der Waals surface area contributed by atoms with E-state index in [2.05, 4.69) is 19.2 Å². The van der Waals surface area contributed by atoms with E-state index in [1.54, 1.807) is 0 Å². The van der Waals surface area contributed by atoms with Gasteiger partial charge >= 0.3 is 0 Å². The molecule has 0 spiro atoms. The molecule has 0 rings (SSSR count). The van der Waals surface area contributed by atoms with Crippen molar-refractivity contribution < 1.29 is 0 Å². The maximum atomic E-state index is 5.41. The molecular formula is C8H11Cl. The van der Waals surface area contributed by atoms with Crippen molar-refractivity contribution in [1.29, 1.82) is 0 Å². The lowest BCUT2D eigenvalue weighted by atomic mass is 10.2. The van der Waals surface area contributed by atoms with Crippen molar-refractivity contribution in [2.24, 2.45) is 0 Å². The third kappa shape index (κ3) is 4.08. The minimum Gasteiger partial charge on any atom is -0.125 e. The predicted octanol–water partition coefficient (Wildman–Crippen LogP) is 2.90. The molecule has 50 valence electrons. The summed E-state index contributed by atoms with van der Waals surface area (Å²) >= 11 is 5.41. The second-order valence-corrected chi connectivity index (χ2v) is 1.92. The molecule has 0 saturated heterocycles. The Morgan fingerprint density at radius 1 is 1.78 bits per heavy atom. The Morgan fingerprint density at radius 3 is 2.78 bits per heavy atom. The maximum absolute atomic E-state index is 5.41. The molecule has 0 aromatic carbocycles. The van der Waals surface area contributed by atoms with E-state index in [-0.39, 0.29) is 0 Å². The van der Waals surface area contributed by atoms with E-state index in [1.807, 2.05) is 12.2 Å². The summed E-state index contributed by atoms with van der Waals surface area (Å²) in [6.45, 7) is 5.59. The Morgan fingerprint density at radius 2 is 2.44 bits per heavy atom. The summed E-state index contributed by atoms with van der Waals surface area (Å²) < 4.78 is 0. The van der Waals surface area contributed by atoms with Crippen LogP contribution in [-0.4, -0.2) is 5.88 Å². The van der Waals surface area contributed by atoms with Crippen molar-refractivity contribution in [2.75, 3.05) is 5.88 Å². The van der Waals surface area contributed by atoms with Crippen LogP contribution in [0.2, 0.25) is 0 Å². The largest absolute Gasteiger partial charge is 0.125 e. The van der Waals surface area contributed by atoms with Crippen molar-refractivity contribution in [3.05, 3.63) is 30.0 Å². The molecule has 0 atom stereocenters. The number of halogens is 1. The van der Waals surface area contributed by atoms with E-state index in [1.165, 1.54) is 0 Å². The molecule has 0 nitrogen and oxygen atoms in total. The summed E-state index contributed by atoms with van der Waals surface area (Å²) in [5.41, 5.74) is 3.91. The van der Waals surface area contributed by atoms with E-state index in [4.69, 9.17) is 11.6 Å². The van der Waals surface area contributed by atoms with E-state index in [9.17, 15) is 0 Å². The number of hydrogen-bond acceptors (Lipinski definition) is 0. The van der Waals surface area contributed by atoms with Crippen LogP contribution in [-0.2, 0) is 0 Å². The van der Waals surface area contributed by atoms with Crippen molar-refractivity contribution in [3.63, 3.8) is 0 Å². The summed E-state index contributed by atoms with van der Waals surface area (Å²) in [7, 11) is 0. The molecule has 0 amide bonds. The fraction of sp³-hybridized carbons (Fsp3) is 0.375. The molecule has 0 aromatic heterocycles. The first kappa shape index (κ1) is 8.55. The Labute approximate surface area is 61.5 Å². The molecular weight excluding hydrogens is 132 g/mol. The van der Waals surface area contributed by atoms with Gasteiger partial charge in [0.15, 0.2) is 0 Å². The lowest BCUT2D eigenvalue weighted by Gasteiger charge is -1.87. The molecule has 0 unspecified atom stereocenters. The molecule has 0 aliphatic carbocycles. The number of alkyl halides is 1. The summed E-state index contributed by atoms with van der Waals surface area (Å²) in [5.74, 6) is 0.561. The van der Waals surface area contributed by atoms with Gasteiger partial charge in [0.25, 0.3) is 0 Å². The Kier molecular flexibility index (Phi) is 5.40. The average Bonchev–Trinajstić information content (AvgIpc) is 1.91. The molecule has 0 aromatic rings. The average molecular weight is 143 g/mol. The predicted molar refractivity (Wildman–Crippen MR) is 42.8 cm³/mol. The monoisotopic (exact) mass is 142 g/mol. The van der Waals surface area contributed by atoms with E-state index >= 15 is 0 Å². The molecule has 0 bridgehead atoms. The molecule has 0 fully saturated rings. The first-order valence-electron chi connectivity index (χ1n) is 2.96. The van der Waals surface area contributed by atoms with Crippen LogP contribution in [0.3, 0.4) is 0 Å². The summed E-state index contributed by atoms with van der Waals surface area (Å²) in [4.78, 5) is 0. The smallest absolute Gasteiger partial charge is 0.0407 e. The van der Waals surface area contributed by atoms with Crippen LogP contribution in [0, 0.1) is 0 Å². The van der Waals surface area contributed by atoms with Crippen LogP contribution < -0.4 is 0 Å². The lowest BCUT2D eigenvalue weighted by Crippen LogP contribution is -1.70. The van der Waals surface area contributed by atoms with Crippen LogP contribution >= 0.6 is 11.6 Å². The van der Waals surface area contributed by atoms with Crippen molar-refractivity contribution in [2.45, 2.75) is 13.3 Å². The van der Waals surface area contributed by atoms with Gasteiger partial charge in [-0.15, -0.1) is 17.3 Å². The van der Waals surface area contributed by atoms with Gasteiger partial charge in [0, 0.05) is 5.88 Å². The second-order valence-electron chi connectivity index (χ2n) is 1.61. The van der Waals surface area contributed by atoms with Gasteiger partial charge in [-0.2, -0.15) is 0 Å². The molecule has 0 N–H and O–H groups in total. The number of allylic oxidation sites excluding steroid dienone is 3. The highest BCUT2D eigenvalue weighted by atomic mass is 35.5.